The fourth-order valence-corrected chi connectivity index (χ4v) is 2.13. The Bertz CT molecular complexity index is 766. The van der Waals surface area contributed by atoms with E-state index in [2.05, 4.69) is 20.6 Å². The van der Waals surface area contributed by atoms with Crippen molar-refractivity contribution >= 4 is 16.9 Å². The van der Waals surface area contributed by atoms with Crippen LogP contribution in [0.3, 0.4) is 0 Å². The maximum absolute atomic E-state index is 12.2. The Balaban J connectivity index is 1.75. The molecule has 1 amide bonds. The summed E-state index contributed by atoms with van der Waals surface area (Å²) in [6, 6.07) is 9.18. The Morgan fingerprint density at radius 1 is 1.33 bits per heavy atom. The van der Waals surface area contributed by atoms with E-state index in [0.717, 1.165) is 23.1 Å². The zero-order chi connectivity index (χ0) is 14.7. The van der Waals surface area contributed by atoms with E-state index in [-0.39, 0.29) is 5.91 Å². The highest BCUT2D eigenvalue weighted by Crippen LogP contribution is 2.13. The van der Waals surface area contributed by atoms with Crippen LogP contribution in [-0.4, -0.2) is 25.9 Å². The zero-order valence-electron chi connectivity index (χ0n) is 11.7. The number of aryl methyl sites for hydroxylation is 1. The van der Waals surface area contributed by atoms with Gasteiger partial charge in [-0.2, -0.15) is 0 Å². The topological polar surface area (TPSA) is 72.7 Å². The maximum Gasteiger partial charge on any atom is 0.251 e. The third kappa shape index (κ3) is 2.74. The van der Waals surface area contributed by atoms with Crippen molar-refractivity contribution in [2.24, 2.45) is 0 Å². The van der Waals surface area contributed by atoms with Crippen molar-refractivity contribution < 1.29 is 4.79 Å². The smallest absolute Gasteiger partial charge is 0.251 e. The molecule has 21 heavy (non-hydrogen) atoms. The highest BCUT2D eigenvalue weighted by Gasteiger charge is 2.09. The van der Waals surface area contributed by atoms with Crippen molar-refractivity contribution in [1.82, 2.24) is 25.3 Å². The minimum Gasteiger partial charge on any atom is -0.348 e. The SMILES string of the molecule is CCn1nnc2cc(C(=O)NCc3cccnc3)ccc21. The number of amides is 1. The highest BCUT2D eigenvalue weighted by atomic mass is 16.1. The van der Waals surface area contributed by atoms with Gasteiger partial charge in [-0.3, -0.25) is 9.78 Å². The molecule has 0 aliphatic heterocycles. The number of carbonyl (C=O) groups is 1. The molecule has 0 unspecified atom stereocenters. The molecule has 0 aliphatic carbocycles. The zero-order valence-corrected chi connectivity index (χ0v) is 11.7. The summed E-state index contributed by atoms with van der Waals surface area (Å²) >= 11 is 0. The number of fused-ring (bicyclic) bond motifs is 1. The molecule has 0 spiro atoms. The predicted octanol–water partition coefficient (Wildman–Crippen LogP) is 1.78. The summed E-state index contributed by atoms with van der Waals surface area (Å²) in [5.74, 6) is -0.133. The third-order valence-corrected chi connectivity index (χ3v) is 3.25. The molecule has 2 heterocycles. The van der Waals surface area contributed by atoms with Crippen LogP contribution in [0.4, 0.5) is 0 Å². The molecule has 0 aliphatic rings. The van der Waals surface area contributed by atoms with Crippen molar-refractivity contribution in [1.29, 1.82) is 0 Å². The summed E-state index contributed by atoms with van der Waals surface area (Å²) in [5.41, 5.74) is 3.20. The second-order valence-corrected chi connectivity index (χ2v) is 4.65. The molecule has 106 valence electrons. The highest BCUT2D eigenvalue weighted by molar-refractivity contribution is 5.97. The number of hydrogen-bond donors (Lipinski definition) is 1. The summed E-state index contributed by atoms with van der Waals surface area (Å²) in [6.07, 6.45) is 3.44. The number of aromatic nitrogens is 4. The van der Waals surface area contributed by atoms with Crippen LogP contribution in [0.25, 0.3) is 11.0 Å². The van der Waals surface area contributed by atoms with Crippen LogP contribution in [0.2, 0.25) is 0 Å². The molecule has 0 atom stereocenters. The first kappa shape index (κ1) is 13.2. The second kappa shape index (κ2) is 5.70. The first-order chi connectivity index (χ1) is 10.3. The van der Waals surface area contributed by atoms with Crippen molar-refractivity contribution in [2.45, 2.75) is 20.0 Å². The summed E-state index contributed by atoms with van der Waals surface area (Å²) in [7, 11) is 0. The van der Waals surface area contributed by atoms with Crippen LogP contribution in [0.1, 0.15) is 22.8 Å². The molecule has 0 saturated carbocycles. The van der Waals surface area contributed by atoms with Crippen LogP contribution in [0, 0.1) is 0 Å². The van der Waals surface area contributed by atoms with Crippen LogP contribution in [0.15, 0.2) is 42.7 Å². The van der Waals surface area contributed by atoms with Crippen LogP contribution in [0.5, 0.6) is 0 Å². The molecule has 6 heteroatoms. The molecule has 3 aromatic rings. The number of benzene rings is 1. The molecular weight excluding hydrogens is 266 g/mol. The van der Waals surface area contributed by atoms with Gasteiger partial charge in [-0.25, -0.2) is 4.68 Å². The van der Waals surface area contributed by atoms with Gasteiger partial charge in [0, 0.05) is 31.0 Å². The molecule has 1 aromatic carbocycles. The van der Waals surface area contributed by atoms with E-state index in [9.17, 15) is 4.79 Å². The summed E-state index contributed by atoms with van der Waals surface area (Å²) < 4.78 is 1.80. The molecule has 6 nitrogen and oxygen atoms in total. The Morgan fingerprint density at radius 2 is 2.24 bits per heavy atom. The Morgan fingerprint density at radius 3 is 3.00 bits per heavy atom. The normalized spacial score (nSPS) is 10.7. The first-order valence-corrected chi connectivity index (χ1v) is 6.78. The van der Waals surface area contributed by atoms with E-state index < -0.39 is 0 Å². The van der Waals surface area contributed by atoms with Gasteiger partial charge in [0.15, 0.2) is 0 Å². The van der Waals surface area contributed by atoms with Crippen molar-refractivity contribution in [2.75, 3.05) is 0 Å². The molecular formula is C15H15N5O. The quantitative estimate of drug-likeness (QED) is 0.791. The minimum absolute atomic E-state index is 0.133. The molecule has 2 aromatic heterocycles. The third-order valence-electron chi connectivity index (χ3n) is 3.25. The van der Waals surface area contributed by atoms with Gasteiger partial charge in [-0.1, -0.05) is 11.3 Å². The maximum atomic E-state index is 12.2. The van der Waals surface area contributed by atoms with Gasteiger partial charge in [0.1, 0.15) is 5.52 Å². The van der Waals surface area contributed by atoms with Crippen LogP contribution < -0.4 is 5.32 Å². The van der Waals surface area contributed by atoms with Gasteiger partial charge in [0.2, 0.25) is 0 Å². The molecule has 1 N–H and O–H groups in total. The predicted molar refractivity (Wildman–Crippen MR) is 78.6 cm³/mol. The molecule has 0 radical (unpaired) electrons. The summed E-state index contributed by atoms with van der Waals surface area (Å²) in [6.45, 7) is 3.21. The van der Waals surface area contributed by atoms with Gasteiger partial charge >= 0.3 is 0 Å². The Hall–Kier alpha value is -2.76. The van der Waals surface area contributed by atoms with E-state index in [0.29, 0.717) is 12.1 Å². The standard InChI is InChI=1S/C15H15N5O/c1-2-20-14-6-5-12(8-13(14)18-19-20)15(21)17-10-11-4-3-7-16-9-11/h3-9H,2,10H2,1H3,(H,17,21). The van der Waals surface area contributed by atoms with Crippen molar-refractivity contribution in [3.63, 3.8) is 0 Å². The number of carbonyl (C=O) groups excluding carboxylic acids is 1. The number of rotatable bonds is 4. The average molecular weight is 281 g/mol. The number of nitrogens with one attached hydrogen (secondary N) is 1. The lowest BCUT2D eigenvalue weighted by Crippen LogP contribution is -2.22. The first-order valence-electron chi connectivity index (χ1n) is 6.78. The monoisotopic (exact) mass is 281 g/mol. The fourth-order valence-electron chi connectivity index (χ4n) is 2.13. The Labute approximate surface area is 121 Å². The van der Waals surface area contributed by atoms with Crippen molar-refractivity contribution in [3.8, 4) is 0 Å². The molecule has 0 fully saturated rings. The second-order valence-electron chi connectivity index (χ2n) is 4.65. The van der Waals surface area contributed by atoms with Gasteiger partial charge < -0.3 is 5.32 Å². The van der Waals surface area contributed by atoms with E-state index in [1.807, 2.05) is 25.1 Å². The number of hydrogen-bond acceptors (Lipinski definition) is 4. The number of pyridine rings is 1. The van der Waals surface area contributed by atoms with Crippen molar-refractivity contribution in [3.05, 3.63) is 53.9 Å². The average Bonchev–Trinajstić information content (AvgIpc) is 2.95. The molecule has 3 rings (SSSR count). The Kier molecular flexibility index (Phi) is 3.59. The minimum atomic E-state index is -0.133. The van der Waals surface area contributed by atoms with Gasteiger partial charge in [-0.15, -0.1) is 5.10 Å². The van der Waals surface area contributed by atoms with Gasteiger partial charge in [0.25, 0.3) is 5.91 Å². The largest absolute Gasteiger partial charge is 0.348 e. The molecule has 0 saturated heterocycles. The van der Waals surface area contributed by atoms with E-state index in [4.69, 9.17) is 0 Å². The van der Waals surface area contributed by atoms with Crippen LogP contribution in [-0.2, 0) is 13.1 Å². The van der Waals surface area contributed by atoms with E-state index in [1.54, 1.807) is 29.2 Å². The van der Waals surface area contributed by atoms with Gasteiger partial charge in [-0.05, 0) is 36.8 Å². The van der Waals surface area contributed by atoms with E-state index in [1.165, 1.54) is 0 Å². The number of nitrogens with zero attached hydrogens (tertiary/aromatic N) is 4. The lowest BCUT2D eigenvalue weighted by atomic mass is 10.2. The summed E-state index contributed by atoms with van der Waals surface area (Å²) in [4.78, 5) is 16.2. The van der Waals surface area contributed by atoms with Gasteiger partial charge in [0.05, 0.1) is 5.52 Å². The summed E-state index contributed by atoms with van der Waals surface area (Å²) in [5, 5.41) is 11.0. The fraction of sp³-hybridized carbons (Fsp3) is 0.200. The molecule has 0 bridgehead atoms. The van der Waals surface area contributed by atoms with Crippen LogP contribution >= 0.6 is 0 Å². The lowest BCUT2D eigenvalue weighted by Gasteiger charge is -2.05. The lowest BCUT2D eigenvalue weighted by molar-refractivity contribution is 0.0951. The van der Waals surface area contributed by atoms with E-state index >= 15 is 0 Å².